The summed E-state index contributed by atoms with van der Waals surface area (Å²) in [4.78, 5) is 26.7. The van der Waals surface area contributed by atoms with Crippen molar-refractivity contribution < 1.29 is 19.4 Å². The molecule has 19 heavy (non-hydrogen) atoms. The standard InChI is InChI=1S/C13H22N2O4/c16-12(17)3-4-15(13(18)11-1-2-11)6-5-14-7-9-19-10-8-14/h11H,1-10H2,(H,16,17). The SMILES string of the molecule is O=C(O)CCN(CCN1CCOCC1)C(=O)C1CC1. The first-order valence-corrected chi connectivity index (χ1v) is 6.97. The number of hydrogen-bond donors (Lipinski definition) is 1. The molecule has 2 fully saturated rings. The second kappa shape index (κ2) is 6.86. The zero-order valence-electron chi connectivity index (χ0n) is 11.2. The Morgan fingerprint density at radius 1 is 1.21 bits per heavy atom. The van der Waals surface area contributed by atoms with Gasteiger partial charge in [0, 0.05) is 38.6 Å². The number of hydrogen-bond acceptors (Lipinski definition) is 4. The summed E-state index contributed by atoms with van der Waals surface area (Å²) in [6.07, 6.45) is 1.95. The predicted molar refractivity (Wildman–Crippen MR) is 68.8 cm³/mol. The Kier molecular flexibility index (Phi) is 5.15. The van der Waals surface area contributed by atoms with Crippen LogP contribution in [-0.4, -0.2) is 72.7 Å². The predicted octanol–water partition coefficient (Wildman–Crippen LogP) is 0.0319. The van der Waals surface area contributed by atoms with Crippen LogP contribution in [0.15, 0.2) is 0 Å². The normalized spacial score (nSPS) is 20.2. The van der Waals surface area contributed by atoms with E-state index in [0.717, 1.165) is 45.7 Å². The van der Waals surface area contributed by atoms with Crippen molar-refractivity contribution in [2.24, 2.45) is 5.92 Å². The highest BCUT2D eigenvalue weighted by atomic mass is 16.5. The van der Waals surface area contributed by atoms with Crippen LogP contribution in [0.1, 0.15) is 19.3 Å². The molecule has 6 nitrogen and oxygen atoms in total. The van der Waals surface area contributed by atoms with Gasteiger partial charge in [-0.25, -0.2) is 0 Å². The second-order valence-electron chi connectivity index (χ2n) is 5.20. The molecule has 2 aliphatic rings. The molecule has 1 aliphatic heterocycles. The average Bonchev–Trinajstić information content (AvgIpc) is 3.23. The van der Waals surface area contributed by atoms with E-state index in [1.165, 1.54) is 0 Å². The van der Waals surface area contributed by atoms with Crippen LogP contribution in [0.3, 0.4) is 0 Å². The molecule has 1 heterocycles. The van der Waals surface area contributed by atoms with Gasteiger partial charge in [-0.1, -0.05) is 0 Å². The van der Waals surface area contributed by atoms with Gasteiger partial charge in [-0.3, -0.25) is 14.5 Å². The van der Waals surface area contributed by atoms with E-state index < -0.39 is 5.97 Å². The molecular weight excluding hydrogens is 248 g/mol. The van der Waals surface area contributed by atoms with E-state index in [4.69, 9.17) is 9.84 Å². The third kappa shape index (κ3) is 4.80. The Morgan fingerprint density at radius 3 is 2.47 bits per heavy atom. The van der Waals surface area contributed by atoms with Crippen LogP contribution in [0.2, 0.25) is 0 Å². The van der Waals surface area contributed by atoms with Crippen LogP contribution in [0, 0.1) is 5.92 Å². The van der Waals surface area contributed by atoms with Gasteiger partial charge in [0.2, 0.25) is 5.91 Å². The lowest BCUT2D eigenvalue weighted by Gasteiger charge is -2.30. The summed E-state index contributed by atoms with van der Waals surface area (Å²) in [5, 5.41) is 8.75. The Bertz CT molecular complexity index is 325. The molecule has 1 amide bonds. The number of rotatable bonds is 7. The molecule has 1 N–H and O–H groups in total. The van der Waals surface area contributed by atoms with Crippen molar-refractivity contribution in [3.05, 3.63) is 0 Å². The third-order valence-corrected chi connectivity index (χ3v) is 3.62. The lowest BCUT2D eigenvalue weighted by molar-refractivity contribution is -0.139. The molecular formula is C13H22N2O4. The Morgan fingerprint density at radius 2 is 1.89 bits per heavy atom. The van der Waals surface area contributed by atoms with Crippen molar-refractivity contribution in [1.29, 1.82) is 0 Å². The van der Waals surface area contributed by atoms with Crippen molar-refractivity contribution >= 4 is 11.9 Å². The van der Waals surface area contributed by atoms with Gasteiger partial charge in [0.05, 0.1) is 19.6 Å². The number of aliphatic carboxylic acids is 1. The zero-order valence-corrected chi connectivity index (χ0v) is 11.2. The molecule has 0 aromatic heterocycles. The molecule has 0 unspecified atom stereocenters. The minimum Gasteiger partial charge on any atom is -0.481 e. The number of amides is 1. The number of carbonyl (C=O) groups is 2. The van der Waals surface area contributed by atoms with Crippen molar-refractivity contribution in [2.75, 3.05) is 45.9 Å². The van der Waals surface area contributed by atoms with Gasteiger partial charge in [-0.2, -0.15) is 0 Å². The first-order valence-electron chi connectivity index (χ1n) is 6.97. The van der Waals surface area contributed by atoms with Crippen LogP contribution < -0.4 is 0 Å². The molecule has 0 spiro atoms. The summed E-state index contributed by atoms with van der Waals surface area (Å²) in [7, 11) is 0. The molecule has 1 saturated heterocycles. The van der Waals surface area contributed by atoms with Crippen LogP contribution in [0.5, 0.6) is 0 Å². The van der Waals surface area contributed by atoms with E-state index in [0.29, 0.717) is 13.1 Å². The maximum Gasteiger partial charge on any atom is 0.305 e. The monoisotopic (exact) mass is 270 g/mol. The third-order valence-electron chi connectivity index (χ3n) is 3.62. The van der Waals surface area contributed by atoms with E-state index in [-0.39, 0.29) is 18.2 Å². The summed E-state index contributed by atoms with van der Waals surface area (Å²) in [6.45, 7) is 5.03. The molecule has 0 bridgehead atoms. The second-order valence-corrected chi connectivity index (χ2v) is 5.20. The van der Waals surface area contributed by atoms with Crippen molar-refractivity contribution in [3.8, 4) is 0 Å². The summed E-state index contributed by atoms with van der Waals surface area (Å²) in [5.74, 6) is -0.562. The molecule has 0 radical (unpaired) electrons. The average molecular weight is 270 g/mol. The van der Waals surface area contributed by atoms with Gasteiger partial charge in [-0.15, -0.1) is 0 Å². The molecule has 1 saturated carbocycles. The van der Waals surface area contributed by atoms with Gasteiger partial charge in [-0.05, 0) is 12.8 Å². The Hall–Kier alpha value is -1.14. The molecule has 108 valence electrons. The Balaban J connectivity index is 1.77. The fraction of sp³-hybridized carbons (Fsp3) is 0.846. The highest BCUT2D eigenvalue weighted by Crippen LogP contribution is 2.31. The van der Waals surface area contributed by atoms with Crippen LogP contribution in [-0.2, 0) is 14.3 Å². The highest BCUT2D eigenvalue weighted by molar-refractivity contribution is 5.81. The molecule has 0 aromatic rings. The van der Waals surface area contributed by atoms with E-state index in [1.807, 2.05) is 0 Å². The summed E-state index contributed by atoms with van der Waals surface area (Å²) in [6, 6.07) is 0. The fourth-order valence-corrected chi connectivity index (χ4v) is 2.24. The summed E-state index contributed by atoms with van der Waals surface area (Å²) in [5.41, 5.74) is 0. The lowest BCUT2D eigenvalue weighted by Crippen LogP contribution is -2.44. The van der Waals surface area contributed by atoms with Crippen molar-refractivity contribution in [1.82, 2.24) is 9.80 Å². The summed E-state index contributed by atoms with van der Waals surface area (Å²) < 4.78 is 5.28. The van der Waals surface area contributed by atoms with E-state index >= 15 is 0 Å². The van der Waals surface area contributed by atoms with Crippen molar-refractivity contribution in [2.45, 2.75) is 19.3 Å². The molecule has 2 rings (SSSR count). The van der Waals surface area contributed by atoms with Gasteiger partial charge in [0.1, 0.15) is 0 Å². The number of carboxylic acids is 1. The minimum absolute atomic E-state index is 0.0293. The van der Waals surface area contributed by atoms with E-state index in [9.17, 15) is 9.59 Å². The van der Waals surface area contributed by atoms with Gasteiger partial charge in [0.25, 0.3) is 0 Å². The first kappa shape index (κ1) is 14.3. The number of carboxylic acid groups (broad SMARTS) is 1. The van der Waals surface area contributed by atoms with Gasteiger partial charge in [0.15, 0.2) is 0 Å². The summed E-state index contributed by atoms with van der Waals surface area (Å²) >= 11 is 0. The van der Waals surface area contributed by atoms with Crippen LogP contribution in [0.4, 0.5) is 0 Å². The smallest absolute Gasteiger partial charge is 0.305 e. The fourth-order valence-electron chi connectivity index (χ4n) is 2.24. The first-order chi connectivity index (χ1) is 9.16. The Labute approximate surface area is 113 Å². The van der Waals surface area contributed by atoms with Gasteiger partial charge < -0.3 is 14.7 Å². The number of morpholine rings is 1. The van der Waals surface area contributed by atoms with Gasteiger partial charge >= 0.3 is 5.97 Å². The van der Waals surface area contributed by atoms with Crippen molar-refractivity contribution in [3.63, 3.8) is 0 Å². The number of nitrogens with zero attached hydrogens (tertiary/aromatic N) is 2. The zero-order chi connectivity index (χ0) is 13.7. The molecule has 0 aromatic carbocycles. The lowest BCUT2D eigenvalue weighted by atomic mass is 10.3. The minimum atomic E-state index is -0.847. The molecule has 6 heteroatoms. The maximum atomic E-state index is 12.1. The molecule has 1 aliphatic carbocycles. The largest absolute Gasteiger partial charge is 0.481 e. The highest BCUT2D eigenvalue weighted by Gasteiger charge is 2.33. The van der Waals surface area contributed by atoms with Crippen LogP contribution >= 0.6 is 0 Å². The number of carbonyl (C=O) groups excluding carboxylic acids is 1. The van der Waals surface area contributed by atoms with E-state index in [2.05, 4.69) is 4.90 Å². The quantitative estimate of drug-likeness (QED) is 0.707. The molecule has 0 atom stereocenters. The van der Waals surface area contributed by atoms with Crippen LogP contribution in [0.25, 0.3) is 0 Å². The maximum absolute atomic E-state index is 12.1. The number of ether oxygens (including phenoxy) is 1. The van der Waals surface area contributed by atoms with E-state index in [1.54, 1.807) is 4.90 Å². The topological polar surface area (TPSA) is 70.1 Å².